The Morgan fingerprint density at radius 2 is 1.70 bits per heavy atom. The largest absolute Gasteiger partial charge is 0.493 e. The van der Waals surface area contributed by atoms with Crippen LogP contribution in [0.4, 0.5) is 4.39 Å². The van der Waals surface area contributed by atoms with Crippen LogP contribution >= 0.6 is 0 Å². The summed E-state index contributed by atoms with van der Waals surface area (Å²) in [7, 11) is 3.05. The average molecular weight is 448 g/mol. The molecule has 0 radical (unpaired) electrons. The van der Waals surface area contributed by atoms with Gasteiger partial charge in [-0.3, -0.25) is 9.78 Å². The van der Waals surface area contributed by atoms with E-state index >= 15 is 0 Å². The van der Waals surface area contributed by atoms with Crippen LogP contribution in [0, 0.1) is 19.7 Å². The normalized spacial score (nSPS) is 10.5. The Bertz CT molecular complexity index is 1340. The Hall–Kier alpha value is -4.00. The van der Waals surface area contributed by atoms with Crippen molar-refractivity contribution in [2.24, 2.45) is 0 Å². The van der Waals surface area contributed by atoms with Gasteiger partial charge in [-0.05, 0) is 60.9 Å². The summed E-state index contributed by atoms with van der Waals surface area (Å²) < 4.78 is 24.3. The second kappa shape index (κ2) is 10.1. The van der Waals surface area contributed by atoms with Crippen molar-refractivity contribution >= 4 is 10.9 Å². The molecule has 7 heteroatoms. The summed E-state index contributed by atoms with van der Waals surface area (Å²) in [6.07, 6.45) is 2.14. The number of pyridine rings is 1. The van der Waals surface area contributed by atoms with Crippen LogP contribution in [0.3, 0.4) is 0 Å². The number of hydrogen-bond donors (Lipinski definition) is 1. The van der Waals surface area contributed by atoms with Gasteiger partial charge in [0.25, 0.3) is 5.56 Å². The van der Waals surface area contributed by atoms with E-state index in [1.54, 1.807) is 18.3 Å². The lowest BCUT2D eigenvalue weighted by Gasteiger charge is -2.11. The highest BCUT2D eigenvalue weighted by atomic mass is 19.1. The van der Waals surface area contributed by atoms with Gasteiger partial charge < -0.3 is 14.5 Å². The molecule has 0 aliphatic carbocycles. The van der Waals surface area contributed by atoms with Gasteiger partial charge in [0.2, 0.25) is 0 Å². The van der Waals surface area contributed by atoms with Crippen LogP contribution in [0.15, 0.2) is 60.5 Å². The number of aromatic amines is 1. The fraction of sp³-hybridized carbons (Fsp3) is 0.192. The monoisotopic (exact) mass is 447 g/mol. The van der Waals surface area contributed by atoms with Crippen LogP contribution in [-0.2, 0) is 6.42 Å². The fourth-order valence-electron chi connectivity index (χ4n) is 3.59. The van der Waals surface area contributed by atoms with Crippen LogP contribution in [0.2, 0.25) is 0 Å². The number of fused-ring (bicyclic) bond motifs is 1. The number of hydrogen-bond acceptors (Lipinski definition) is 5. The van der Waals surface area contributed by atoms with Gasteiger partial charge in [0.05, 0.1) is 30.8 Å². The minimum Gasteiger partial charge on any atom is -0.493 e. The van der Waals surface area contributed by atoms with Gasteiger partial charge in [-0.1, -0.05) is 0 Å². The molecule has 0 saturated carbocycles. The zero-order chi connectivity index (χ0) is 24.1. The van der Waals surface area contributed by atoms with Gasteiger partial charge in [-0.25, -0.2) is 9.37 Å². The summed E-state index contributed by atoms with van der Waals surface area (Å²) in [5.41, 5.74) is 4.42. The van der Waals surface area contributed by atoms with E-state index in [-0.39, 0.29) is 11.4 Å². The summed E-state index contributed by atoms with van der Waals surface area (Å²) >= 11 is 0. The Balaban J connectivity index is 0.00000149. The highest BCUT2D eigenvalue weighted by molar-refractivity contribution is 5.81. The molecule has 170 valence electrons. The molecule has 0 saturated heterocycles. The first-order valence-corrected chi connectivity index (χ1v) is 10.3. The van der Waals surface area contributed by atoms with Crippen molar-refractivity contribution in [1.82, 2.24) is 15.0 Å². The van der Waals surface area contributed by atoms with Crippen LogP contribution in [-0.4, -0.2) is 29.2 Å². The van der Waals surface area contributed by atoms with Gasteiger partial charge in [0.15, 0.2) is 11.5 Å². The molecule has 33 heavy (non-hydrogen) atoms. The predicted molar refractivity (Wildman–Crippen MR) is 129 cm³/mol. The summed E-state index contributed by atoms with van der Waals surface area (Å²) in [6.45, 7) is 9.81. The average Bonchev–Trinajstić information content (AvgIpc) is 2.80. The van der Waals surface area contributed by atoms with Gasteiger partial charge in [0, 0.05) is 24.2 Å². The summed E-state index contributed by atoms with van der Waals surface area (Å²) in [5, 5.41) is 0.424. The van der Waals surface area contributed by atoms with Gasteiger partial charge in [-0.2, -0.15) is 0 Å². The molecular formula is C26H26FN3O3. The second-order valence-electron chi connectivity index (χ2n) is 7.43. The maximum atomic E-state index is 13.8. The van der Waals surface area contributed by atoms with E-state index in [1.807, 2.05) is 26.0 Å². The Morgan fingerprint density at radius 1 is 1.00 bits per heavy atom. The van der Waals surface area contributed by atoms with E-state index < -0.39 is 0 Å². The molecule has 1 N–H and O–H groups in total. The Labute approximate surface area is 191 Å². The smallest absolute Gasteiger partial charge is 0.258 e. The van der Waals surface area contributed by atoms with Crippen LogP contribution in [0.5, 0.6) is 11.5 Å². The molecule has 4 aromatic rings. The highest BCUT2D eigenvalue weighted by Crippen LogP contribution is 2.30. The van der Waals surface area contributed by atoms with Crippen molar-refractivity contribution in [2.45, 2.75) is 20.3 Å². The van der Waals surface area contributed by atoms with E-state index in [4.69, 9.17) is 9.47 Å². The molecule has 2 heterocycles. The lowest BCUT2D eigenvalue weighted by molar-refractivity contribution is 0.355. The van der Waals surface area contributed by atoms with Gasteiger partial charge in [-0.15, -0.1) is 13.2 Å². The number of H-pyrrole nitrogens is 1. The molecule has 0 bridgehead atoms. The Kier molecular flexibility index (Phi) is 7.23. The molecule has 2 aromatic carbocycles. The van der Waals surface area contributed by atoms with Crippen molar-refractivity contribution in [2.75, 3.05) is 14.2 Å². The van der Waals surface area contributed by atoms with E-state index in [0.29, 0.717) is 40.3 Å². The van der Waals surface area contributed by atoms with Crippen LogP contribution < -0.4 is 15.0 Å². The van der Waals surface area contributed by atoms with Crippen molar-refractivity contribution in [3.63, 3.8) is 0 Å². The molecule has 6 nitrogen and oxygen atoms in total. The first kappa shape index (κ1) is 23.7. The third-order valence-corrected chi connectivity index (χ3v) is 5.17. The van der Waals surface area contributed by atoms with Crippen molar-refractivity contribution in [3.05, 3.63) is 94.4 Å². The third-order valence-electron chi connectivity index (χ3n) is 5.17. The predicted octanol–water partition coefficient (Wildman–Crippen LogP) is 5.15. The molecule has 0 aliphatic rings. The summed E-state index contributed by atoms with van der Waals surface area (Å²) in [6, 6.07) is 10.1. The minimum absolute atomic E-state index is 0.251. The number of nitrogens with zero attached hydrogens (tertiary/aromatic N) is 2. The topological polar surface area (TPSA) is 77.1 Å². The first-order valence-electron chi connectivity index (χ1n) is 10.3. The first-order chi connectivity index (χ1) is 15.9. The summed E-state index contributed by atoms with van der Waals surface area (Å²) in [5.74, 6) is 1.21. The quantitative estimate of drug-likeness (QED) is 0.428. The van der Waals surface area contributed by atoms with Crippen LogP contribution in [0.25, 0.3) is 22.2 Å². The number of aromatic nitrogens is 3. The van der Waals surface area contributed by atoms with E-state index in [1.165, 1.54) is 26.4 Å². The van der Waals surface area contributed by atoms with Crippen molar-refractivity contribution in [3.8, 4) is 22.8 Å². The number of nitrogens with one attached hydrogen (secondary N) is 1. The van der Waals surface area contributed by atoms with Gasteiger partial charge >= 0.3 is 0 Å². The molecule has 0 aliphatic heterocycles. The molecule has 0 fully saturated rings. The Morgan fingerprint density at radius 3 is 2.33 bits per heavy atom. The molecule has 0 amide bonds. The van der Waals surface area contributed by atoms with E-state index in [9.17, 15) is 9.18 Å². The van der Waals surface area contributed by atoms with E-state index in [2.05, 4.69) is 28.1 Å². The number of rotatable bonds is 5. The summed E-state index contributed by atoms with van der Waals surface area (Å²) in [4.78, 5) is 24.5. The number of halogens is 1. The SMILES string of the molecule is C=C.COc1cc2nc(Cc3cnc(-c4cc(C)cc(F)c4)cc3C)[nH]c(=O)c2cc1OC. The molecule has 0 unspecified atom stereocenters. The lowest BCUT2D eigenvalue weighted by Crippen LogP contribution is -2.13. The number of ether oxygens (including phenoxy) is 2. The van der Waals surface area contributed by atoms with Crippen molar-refractivity contribution in [1.29, 1.82) is 0 Å². The fourth-order valence-corrected chi connectivity index (χ4v) is 3.59. The molecule has 2 aromatic heterocycles. The molecule has 4 rings (SSSR count). The zero-order valence-corrected chi connectivity index (χ0v) is 19.2. The molecule has 0 spiro atoms. The highest BCUT2D eigenvalue weighted by Gasteiger charge is 2.13. The zero-order valence-electron chi connectivity index (χ0n) is 19.2. The number of benzene rings is 2. The molecular weight excluding hydrogens is 421 g/mol. The molecule has 0 atom stereocenters. The minimum atomic E-state index is -0.288. The van der Waals surface area contributed by atoms with Crippen molar-refractivity contribution < 1.29 is 13.9 Å². The second-order valence-corrected chi connectivity index (χ2v) is 7.43. The number of aryl methyl sites for hydroxylation is 2. The number of methoxy groups -OCH3 is 2. The maximum Gasteiger partial charge on any atom is 0.258 e. The lowest BCUT2D eigenvalue weighted by atomic mass is 10.0. The maximum absolute atomic E-state index is 13.8. The van der Waals surface area contributed by atoms with Crippen LogP contribution in [0.1, 0.15) is 22.5 Å². The third kappa shape index (κ3) is 5.09. The van der Waals surface area contributed by atoms with E-state index in [0.717, 1.165) is 22.3 Å². The van der Waals surface area contributed by atoms with Gasteiger partial charge in [0.1, 0.15) is 11.6 Å². The standard InChI is InChI=1S/C24H22FN3O3.C2H4/c1-13-5-15(8-17(25)6-13)19-7-14(2)16(12-26-19)9-23-27-20-11-22(31-4)21(30-3)10-18(20)24(29)28-23;1-2/h5-8,10-12H,9H2,1-4H3,(H,27,28,29);1-2H2.